The zero-order valence-electron chi connectivity index (χ0n) is 4.82. The first-order chi connectivity index (χ1) is 3.83. The molecule has 0 aromatic carbocycles. The number of nitrogens with one attached hydrogen (secondary N) is 2. The molecule has 0 aromatic rings. The minimum atomic E-state index is 0. The quantitative estimate of drug-likeness (QED) is 0.426. The summed E-state index contributed by atoms with van der Waals surface area (Å²) in [6.45, 7) is 4.00. The van der Waals surface area contributed by atoms with Crippen molar-refractivity contribution in [1.82, 2.24) is 0 Å². The van der Waals surface area contributed by atoms with Gasteiger partial charge in [-0.25, -0.2) is 20.4 Å². The van der Waals surface area contributed by atoms with Gasteiger partial charge in [-0.15, -0.1) is 0 Å². The average molecular weight is 164 g/mol. The summed E-state index contributed by atoms with van der Waals surface area (Å²) in [6.07, 6.45) is 1.50. The fourth-order valence-corrected chi connectivity index (χ4v) is 0. The molecule has 0 saturated heterocycles. The van der Waals surface area contributed by atoms with Crippen LogP contribution in [0.25, 0.3) is 0 Å². The largest absolute Gasteiger partial charge is 0.231 e. The van der Waals surface area contributed by atoms with E-state index >= 15 is 0 Å². The van der Waals surface area contributed by atoms with Gasteiger partial charge in [0.1, 0.15) is 0 Å². The van der Waals surface area contributed by atoms with Crippen LogP contribution in [0.5, 0.6) is 0 Å². The van der Waals surface area contributed by atoms with Gasteiger partial charge in [-0.1, -0.05) is 36.1 Å². The molecule has 0 rings (SSSR count). The van der Waals surface area contributed by atoms with Crippen molar-refractivity contribution >= 4 is 12.2 Å². The molecule has 0 fully saturated rings. The van der Waals surface area contributed by atoms with Crippen LogP contribution >= 0.6 is 0 Å². The summed E-state index contributed by atoms with van der Waals surface area (Å²) in [5, 5.41) is 10.8. The fourth-order valence-electron chi connectivity index (χ4n) is 0. The highest BCUT2D eigenvalue weighted by molar-refractivity contribution is 5.26. The molecule has 4 nitrogen and oxygen atoms in total. The molecule has 0 amide bonds. The Hall–Kier alpha value is -1.24. The number of hydrogen-bond acceptors (Lipinski definition) is 4. The second-order valence-corrected chi connectivity index (χ2v) is 0.204. The van der Waals surface area contributed by atoms with E-state index in [9.17, 15) is 0 Å². The van der Waals surface area contributed by atoms with Gasteiger partial charge in [-0.05, 0) is 0 Å². The van der Waals surface area contributed by atoms with E-state index in [1.807, 2.05) is 13.8 Å². The van der Waals surface area contributed by atoms with Gasteiger partial charge in [0.2, 0.25) is 12.2 Å². The standard InChI is InChI=1S/C2H6.2CHNO.3CH4/c1-2;2*2-1-3;;;/h1-2H3;2*2H;3*1H4. The molecular formula is C7H20N2O2. The van der Waals surface area contributed by atoms with Gasteiger partial charge in [-0.3, -0.25) is 0 Å². The van der Waals surface area contributed by atoms with Crippen molar-refractivity contribution in [2.24, 2.45) is 0 Å². The Labute approximate surface area is 69.7 Å². The van der Waals surface area contributed by atoms with Crippen molar-refractivity contribution in [3.8, 4) is 0 Å². The zero-order chi connectivity index (χ0) is 7.41. The van der Waals surface area contributed by atoms with E-state index in [-0.39, 0.29) is 22.3 Å². The van der Waals surface area contributed by atoms with E-state index in [2.05, 4.69) is 0 Å². The van der Waals surface area contributed by atoms with Crippen LogP contribution in [0.1, 0.15) is 36.1 Å². The van der Waals surface area contributed by atoms with E-state index < -0.39 is 0 Å². The van der Waals surface area contributed by atoms with Crippen molar-refractivity contribution in [2.45, 2.75) is 36.1 Å². The Bertz CT molecular complexity index is 68.4. The number of rotatable bonds is 0. The maximum Gasteiger partial charge on any atom is 0.231 e. The lowest BCUT2D eigenvalue weighted by atomic mass is 11.0. The van der Waals surface area contributed by atoms with Gasteiger partial charge < -0.3 is 0 Å². The number of carbonyl (C=O) groups excluding carboxylic acids is 2. The van der Waals surface area contributed by atoms with Crippen LogP contribution in [0.15, 0.2) is 0 Å². The molecule has 70 valence electrons. The predicted octanol–water partition coefficient (Wildman–Crippen LogP) is 2.74. The monoisotopic (exact) mass is 164 g/mol. The lowest BCUT2D eigenvalue weighted by Gasteiger charge is -1.07. The highest BCUT2D eigenvalue weighted by atomic mass is 16.1. The summed E-state index contributed by atoms with van der Waals surface area (Å²) in [5.41, 5.74) is 0. The van der Waals surface area contributed by atoms with E-state index in [0.29, 0.717) is 0 Å². The Morgan fingerprint density at radius 1 is 0.818 bits per heavy atom. The van der Waals surface area contributed by atoms with Crippen molar-refractivity contribution in [1.29, 1.82) is 10.8 Å². The van der Waals surface area contributed by atoms with Gasteiger partial charge >= 0.3 is 0 Å². The molecule has 11 heavy (non-hydrogen) atoms. The van der Waals surface area contributed by atoms with Crippen molar-refractivity contribution in [2.75, 3.05) is 0 Å². The molecule has 2 N–H and O–H groups in total. The van der Waals surface area contributed by atoms with Crippen molar-refractivity contribution in [3.05, 3.63) is 0 Å². The smallest absolute Gasteiger partial charge is 0.222 e. The molecule has 0 saturated carbocycles. The van der Waals surface area contributed by atoms with E-state index in [0.717, 1.165) is 12.2 Å². The summed E-state index contributed by atoms with van der Waals surface area (Å²) in [7, 11) is 0. The second-order valence-electron chi connectivity index (χ2n) is 0.204. The highest BCUT2D eigenvalue weighted by Crippen LogP contribution is 1.14. The topological polar surface area (TPSA) is 81.8 Å². The Balaban J connectivity index is -0.00000000764. The van der Waals surface area contributed by atoms with Crippen LogP contribution < -0.4 is 0 Å². The number of isocyanates is 2. The van der Waals surface area contributed by atoms with Crippen molar-refractivity contribution in [3.63, 3.8) is 0 Å². The van der Waals surface area contributed by atoms with E-state index in [1.165, 1.54) is 0 Å². The molecule has 0 aliphatic carbocycles. The predicted molar refractivity (Wildman–Crippen MR) is 48.4 cm³/mol. The molecule has 0 aliphatic rings. The van der Waals surface area contributed by atoms with Crippen molar-refractivity contribution < 1.29 is 9.59 Å². The Morgan fingerprint density at radius 2 is 0.818 bits per heavy atom. The molecule has 0 unspecified atom stereocenters. The second kappa shape index (κ2) is 913. The van der Waals surface area contributed by atoms with Crippen LogP contribution in [0.4, 0.5) is 0 Å². The molecule has 0 heterocycles. The Morgan fingerprint density at radius 3 is 0.818 bits per heavy atom. The maximum atomic E-state index is 8.35. The first kappa shape index (κ1) is 53.0. The third kappa shape index (κ3) is 260. The van der Waals surface area contributed by atoms with Crippen LogP contribution in [-0.4, -0.2) is 12.2 Å². The summed E-state index contributed by atoms with van der Waals surface area (Å²) in [4.78, 5) is 16.7. The lowest BCUT2D eigenvalue weighted by molar-refractivity contribution is 0.562. The molecular weight excluding hydrogens is 144 g/mol. The minimum absolute atomic E-state index is 0. The molecule has 4 heteroatoms. The fraction of sp³-hybridized carbons (Fsp3) is 0.714. The zero-order valence-corrected chi connectivity index (χ0v) is 4.82. The SMILES string of the molecule is C.C.C.CC.N=C=O.N=C=O. The summed E-state index contributed by atoms with van der Waals surface area (Å²) in [6, 6.07) is 0. The summed E-state index contributed by atoms with van der Waals surface area (Å²) >= 11 is 0. The molecule has 0 atom stereocenters. The average Bonchev–Trinajstić information content (AvgIpc) is 1.75. The maximum absolute atomic E-state index is 8.35. The lowest BCUT2D eigenvalue weighted by Crippen LogP contribution is -1.16. The first-order valence-corrected chi connectivity index (χ1v) is 1.91. The van der Waals surface area contributed by atoms with Gasteiger partial charge in [-0.2, -0.15) is 0 Å². The first-order valence-electron chi connectivity index (χ1n) is 1.91. The molecule has 0 radical (unpaired) electrons. The summed E-state index contributed by atoms with van der Waals surface area (Å²) in [5.74, 6) is 0. The number of hydrogen-bond donors (Lipinski definition) is 2. The van der Waals surface area contributed by atoms with Crippen LogP contribution in [0, 0.1) is 10.8 Å². The molecule has 0 bridgehead atoms. The summed E-state index contributed by atoms with van der Waals surface area (Å²) < 4.78 is 0. The van der Waals surface area contributed by atoms with Gasteiger partial charge in [0.15, 0.2) is 0 Å². The molecule has 0 aliphatic heterocycles. The van der Waals surface area contributed by atoms with Crippen LogP contribution in [0.2, 0.25) is 0 Å². The molecule has 0 spiro atoms. The van der Waals surface area contributed by atoms with Gasteiger partial charge in [0.05, 0.1) is 0 Å². The van der Waals surface area contributed by atoms with Gasteiger partial charge in [0, 0.05) is 0 Å². The highest BCUT2D eigenvalue weighted by Gasteiger charge is 1.04. The normalized spacial score (nSPS) is 2.00. The van der Waals surface area contributed by atoms with Crippen LogP contribution in [-0.2, 0) is 9.59 Å². The van der Waals surface area contributed by atoms with E-state index in [1.54, 1.807) is 0 Å². The third-order valence-electron chi connectivity index (χ3n) is 0. The van der Waals surface area contributed by atoms with Gasteiger partial charge in [0.25, 0.3) is 0 Å². The van der Waals surface area contributed by atoms with Crippen LogP contribution in [0.3, 0.4) is 0 Å². The Kier molecular flexibility index (Phi) is 4400. The minimum Gasteiger partial charge on any atom is -0.222 e. The van der Waals surface area contributed by atoms with E-state index in [4.69, 9.17) is 20.4 Å². The molecule has 0 aromatic heterocycles. The third-order valence-corrected chi connectivity index (χ3v) is 0.